The van der Waals surface area contributed by atoms with E-state index < -0.39 is 0 Å². The van der Waals surface area contributed by atoms with Crippen LogP contribution in [0.3, 0.4) is 0 Å². The van der Waals surface area contributed by atoms with Crippen LogP contribution in [0.15, 0.2) is 53.6 Å². The number of benzene rings is 2. The van der Waals surface area contributed by atoms with E-state index in [0.29, 0.717) is 16.3 Å². The van der Waals surface area contributed by atoms with Crippen LogP contribution in [-0.4, -0.2) is 16.7 Å². The third-order valence-electron chi connectivity index (χ3n) is 2.92. The predicted molar refractivity (Wildman–Crippen MR) is 83.6 cm³/mol. The smallest absolute Gasteiger partial charge is 0.244 e. The number of hydrogen-bond donors (Lipinski definition) is 2. The van der Waals surface area contributed by atoms with Crippen LogP contribution >= 0.6 is 11.6 Å². The van der Waals surface area contributed by atoms with Crippen molar-refractivity contribution in [3.05, 3.63) is 64.7 Å². The first-order valence-electron chi connectivity index (χ1n) is 6.42. The van der Waals surface area contributed by atoms with Gasteiger partial charge in [0, 0.05) is 10.6 Å². The van der Waals surface area contributed by atoms with Crippen LogP contribution in [0.5, 0.6) is 5.75 Å². The quantitative estimate of drug-likeness (QED) is 0.673. The molecule has 0 aliphatic heterocycles. The van der Waals surface area contributed by atoms with E-state index in [4.69, 9.17) is 11.6 Å². The number of rotatable bonds is 4. The van der Waals surface area contributed by atoms with Gasteiger partial charge in [-0.2, -0.15) is 5.10 Å². The van der Waals surface area contributed by atoms with E-state index in [2.05, 4.69) is 10.5 Å². The van der Waals surface area contributed by atoms with Gasteiger partial charge in [0.2, 0.25) is 5.91 Å². The Morgan fingerprint density at radius 3 is 2.52 bits per heavy atom. The maximum Gasteiger partial charge on any atom is 0.244 e. The second-order valence-corrected chi connectivity index (χ2v) is 4.99. The summed E-state index contributed by atoms with van der Waals surface area (Å²) in [5.74, 6) is -0.0993. The van der Waals surface area contributed by atoms with Crippen LogP contribution < -0.4 is 5.43 Å². The van der Waals surface area contributed by atoms with E-state index in [1.165, 1.54) is 0 Å². The van der Waals surface area contributed by atoms with E-state index in [1.807, 2.05) is 0 Å². The van der Waals surface area contributed by atoms with Crippen LogP contribution in [0.25, 0.3) is 0 Å². The second kappa shape index (κ2) is 6.90. The van der Waals surface area contributed by atoms with Crippen LogP contribution in [0, 0.1) is 0 Å². The molecule has 0 aliphatic rings. The van der Waals surface area contributed by atoms with Gasteiger partial charge >= 0.3 is 0 Å². The lowest BCUT2D eigenvalue weighted by molar-refractivity contribution is -0.120. The zero-order valence-corrected chi connectivity index (χ0v) is 12.3. The van der Waals surface area contributed by atoms with Gasteiger partial charge in [-0.3, -0.25) is 4.79 Å². The highest BCUT2D eigenvalue weighted by Gasteiger charge is 2.05. The molecule has 0 fully saturated rings. The number of nitrogens with zero attached hydrogens (tertiary/aromatic N) is 1. The fourth-order valence-corrected chi connectivity index (χ4v) is 1.94. The molecule has 0 saturated carbocycles. The van der Waals surface area contributed by atoms with Crippen LogP contribution in [-0.2, 0) is 11.2 Å². The Morgan fingerprint density at radius 1 is 1.19 bits per heavy atom. The van der Waals surface area contributed by atoms with Crippen LogP contribution in [0.4, 0.5) is 0 Å². The Hall–Kier alpha value is -2.33. The minimum absolute atomic E-state index is 0.130. The minimum atomic E-state index is -0.230. The first-order chi connectivity index (χ1) is 10.1. The SMILES string of the molecule is C/C(=N\NC(=O)Cc1ccc(Cl)cc1)c1ccccc1O. The highest BCUT2D eigenvalue weighted by Crippen LogP contribution is 2.16. The van der Waals surface area contributed by atoms with Crippen molar-refractivity contribution < 1.29 is 9.90 Å². The third-order valence-corrected chi connectivity index (χ3v) is 3.17. The third kappa shape index (κ3) is 4.33. The van der Waals surface area contributed by atoms with Gasteiger partial charge < -0.3 is 5.11 Å². The summed E-state index contributed by atoms with van der Waals surface area (Å²) in [6, 6.07) is 13.9. The van der Waals surface area contributed by atoms with Gasteiger partial charge in [0.15, 0.2) is 0 Å². The molecule has 0 atom stereocenters. The summed E-state index contributed by atoms with van der Waals surface area (Å²) in [6.07, 6.45) is 0.217. The zero-order valence-electron chi connectivity index (χ0n) is 11.5. The van der Waals surface area contributed by atoms with Crippen molar-refractivity contribution >= 4 is 23.2 Å². The van der Waals surface area contributed by atoms with E-state index >= 15 is 0 Å². The second-order valence-electron chi connectivity index (χ2n) is 4.55. The van der Waals surface area contributed by atoms with Gasteiger partial charge in [-0.25, -0.2) is 5.43 Å². The number of carbonyl (C=O) groups is 1. The van der Waals surface area contributed by atoms with Gasteiger partial charge in [0.05, 0.1) is 12.1 Å². The number of phenols is 1. The molecule has 0 spiro atoms. The molecule has 0 aliphatic carbocycles. The van der Waals surface area contributed by atoms with Crippen molar-refractivity contribution in [2.24, 2.45) is 5.10 Å². The number of nitrogens with one attached hydrogen (secondary N) is 1. The van der Waals surface area contributed by atoms with Gasteiger partial charge in [0.25, 0.3) is 0 Å². The monoisotopic (exact) mass is 302 g/mol. The Labute approximate surface area is 128 Å². The summed E-state index contributed by atoms with van der Waals surface area (Å²) in [6.45, 7) is 1.72. The maximum absolute atomic E-state index is 11.8. The number of carbonyl (C=O) groups excluding carboxylic acids is 1. The highest BCUT2D eigenvalue weighted by atomic mass is 35.5. The number of halogens is 1. The van der Waals surface area contributed by atoms with Gasteiger partial charge in [0.1, 0.15) is 5.75 Å². The summed E-state index contributed by atoms with van der Waals surface area (Å²) >= 11 is 5.79. The number of para-hydroxylation sites is 1. The normalized spacial score (nSPS) is 11.2. The lowest BCUT2D eigenvalue weighted by atomic mass is 10.1. The van der Waals surface area contributed by atoms with Gasteiger partial charge in [-0.1, -0.05) is 35.9 Å². The van der Waals surface area contributed by atoms with Gasteiger partial charge in [-0.15, -0.1) is 0 Å². The van der Waals surface area contributed by atoms with Crippen LogP contribution in [0.2, 0.25) is 5.02 Å². The average Bonchev–Trinajstić information content (AvgIpc) is 2.48. The average molecular weight is 303 g/mol. The molecule has 2 aromatic rings. The molecular formula is C16H15ClN2O2. The van der Waals surface area contributed by atoms with Crippen molar-refractivity contribution in [3.63, 3.8) is 0 Å². The Kier molecular flexibility index (Phi) is 4.95. The standard InChI is InChI=1S/C16H15ClN2O2/c1-11(14-4-2-3-5-15(14)20)18-19-16(21)10-12-6-8-13(17)9-7-12/h2-9,20H,10H2,1H3,(H,19,21)/b18-11+. The molecule has 4 nitrogen and oxygen atoms in total. The first-order valence-corrected chi connectivity index (χ1v) is 6.80. The fourth-order valence-electron chi connectivity index (χ4n) is 1.81. The minimum Gasteiger partial charge on any atom is -0.507 e. The van der Waals surface area contributed by atoms with E-state index in [0.717, 1.165) is 5.56 Å². The number of aromatic hydroxyl groups is 1. The Morgan fingerprint density at radius 2 is 1.86 bits per heavy atom. The maximum atomic E-state index is 11.8. The van der Waals surface area contributed by atoms with Crippen molar-refractivity contribution in [2.45, 2.75) is 13.3 Å². The highest BCUT2D eigenvalue weighted by molar-refractivity contribution is 6.30. The number of phenolic OH excluding ortho intramolecular Hbond substituents is 1. The van der Waals surface area contributed by atoms with E-state index in [9.17, 15) is 9.90 Å². The van der Waals surface area contributed by atoms with Crippen molar-refractivity contribution in [3.8, 4) is 5.75 Å². The predicted octanol–water partition coefficient (Wildman–Crippen LogP) is 3.13. The Balaban J connectivity index is 1.98. The molecule has 0 heterocycles. The summed E-state index contributed by atoms with van der Waals surface area (Å²) in [4.78, 5) is 11.8. The van der Waals surface area contributed by atoms with E-state index in [1.54, 1.807) is 55.5 Å². The molecule has 108 valence electrons. The summed E-state index contributed by atoms with van der Waals surface area (Å²) in [5.41, 5.74) is 4.46. The Bertz CT molecular complexity index is 666. The molecular weight excluding hydrogens is 288 g/mol. The summed E-state index contributed by atoms with van der Waals surface area (Å²) < 4.78 is 0. The first kappa shape index (κ1) is 15.1. The molecule has 2 rings (SSSR count). The molecule has 5 heteroatoms. The molecule has 0 unspecified atom stereocenters. The zero-order chi connectivity index (χ0) is 15.2. The summed E-state index contributed by atoms with van der Waals surface area (Å²) in [7, 11) is 0. The number of amides is 1. The lowest BCUT2D eigenvalue weighted by Crippen LogP contribution is -2.21. The molecule has 1 amide bonds. The topological polar surface area (TPSA) is 61.7 Å². The van der Waals surface area contributed by atoms with Crippen molar-refractivity contribution in [1.82, 2.24) is 5.43 Å². The van der Waals surface area contributed by atoms with Gasteiger partial charge in [-0.05, 0) is 36.8 Å². The van der Waals surface area contributed by atoms with Crippen molar-refractivity contribution in [2.75, 3.05) is 0 Å². The molecule has 2 aromatic carbocycles. The molecule has 2 N–H and O–H groups in total. The molecule has 0 aromatic heterocycles. The largest absolute Gasteiger partial charge is 0.507 e. The molecule has 0 radical (unpaired) electrons. The summed E-state index contributed by atoms with van der Waals surface area (Å²) in [5, 5.41) is 14.3. The lowest BCUT2D eigenvalue weighted by Gasteiger charge is -2.05. The van der Waals surface area contributed by atoms with Crippen molar-refractivity contribution in [1.29, 1.82) is 0 Å². The van der Waals surface area contributed by atoms with E-state index in [-0.39, 0.29) is 18.1 Å². The molecule has 0 bridgehead atoms. The number of hydrogen-bond acceptors (Lipinski definition) is 3. The molecule has 0 saturated heterocycles. The molecule has 21 heavy (non-hydrogen) atoms. The van der Waals surface area contributed by atoms with Crippen LogP contribution in [0.1, 0.15) is 18.1 Å². The fraction of sp³-hybridized carbons (Fsp3) is 0.125. The number of hydrazone groups is 1.